The molecule has 2 fully saturated rings. The van der Waals surface area contributed by atoms with Crippen LogP contribution in [0.1, 0.15) is 30.4 Å². The van der Waals surface area contributed by atoms with Gasteiger partial charge in [-0.05, 0) is 44.4 Å². The zero-order valence-electron chi connectivity index (χ0n) is 12.9. The Morgan fingerprint density at radius 2 is 2.32 bits per heavy atom. The molecule has 6 heteroatoms. The second-order valence-corrected chi connectivity index (χ2v) is 6.07. The number of hydrogen-bond donors (Lipinski definition) is 2. The van der Waals surface area contributed by atoms with E-state index in [-0.39, 0.29) is 18.4 Å². The molecule has 2 aliphatic rings. The molecule has 0 radical (unpaired) electrons. The van der Waals surface area contributed by atoms with Gasteiger partial charge in [-0.25, -0.2) is 14.2 Å². The van der Waals surface area contributed by atoms with Gasteiger partial charge in [0.05, 0.1) is 12.7 Å². The third-order valence-corrected chi connectivity index (χ3v) is 4.11. The zero-order chi connectivity index (χ0) is 15.5. The van der Waals surface area contributed by atoms with Crippen LogP contribution in [0.3, 0.4) is 0 Å². The summed E-state index contributed by atoms with van der Waals surface area (Å²) in [5.74, 6) is -0.266. The van der Waals surface area contributed by atoms with Crippen molar-refractivity contribution in [2.45, 2.75) is 38.8 Å². The monoisotopic (exact) mass is 306 g/mol. The number of rotatable bonds is 4. The second kappa shape index (κ2) is 6.62. The van der Waals surface area contributed by atoms with Gasteiger partial charge in [-0.2, -0.15) is 0 Å². The highest BCUT2D eigenvalue weighted by atomic mass is 19.1. The van der Waals surface area contributed by atoms with Crippen molar-refractivity contribution in [2.75, 3.05) is 19.8 Å². The molecule has 5 nitrogen and oxygen atoms in total. The van der Waals surface area contributed by atoms with Crippen molar-refractivity contribution >= 4 is 6.03 Å². The predicted octanol–water partition coefficient (Wildman–Crippen LogP) is 1.98. The summed E-state index contributed by atoms with van der Waals surface area (Å²) in [5.41, 5.74) is 1.40. The summed E-state index contributed by atoms with van der Waals surface area (Å²) in [6.07, 6.45) is 3.12. The molecule has 0 spiro atoms. The number of hydrogen-bond acceptors (Lipinski definition) is 3. The number of amides is 2. The van der Waals surface area contributed by atoms with Gasteiger partial charge >= 0.3 is 6.03 Å². The zero-order valence-corrected chi connectivity index (χ0v) is 12.9. The lowest BCUT2D eigenvalue weighted by Gasteiger charge is -2.37. The van der Waals surface area contributed by atoms with Crippen LogP contribution < -0.4 is 10.6 Å². The number of nitrogens with zero attached hydrogens (tertiary/aromatic N) is 2. The third-order valence-electron chi connectivity index (χ3n) is 4.11. The molecule has 0 bridgehead atoms. The van der Waals surface area contributed by atoms with E-state index in [0.717, 1.165) is 37.9 Å². The lowest BCUT2D eigenvalue weighted by Crippen LogP contribution is -2.57. The Balaban J connectivity index is 1.61. The van der Waals surface area contributed by atoms with Crippen molar-refractivity contribution < 1.29 is 9.18 Å². The number of carbonyl (C=O) groups excluding carboxylic acids is 1. The van der Waals surface area contributed by atoms with Crippen LogP contribution in [0, 0.1) is 12.7 Å². The largest absolute Gasteiger partial charge is 0.333 e. The van der Waals surface area contributed by atoms with Crippen LogP contribution in [-0.2, 0) is 6.54 Å². The highest BCUT2D eigenvalue weighted by molar-refractivity contribution is 5.74. The van der Waals surface area contributed by atoms with Crippen LogP contribution in [-0.4, -0.2) is 41.8 Å². The van der Waals surface area contributed by atoms with Crippen molar-refractivity contribution in [3.05, 3.63) is 35.1 Å². The molecular formula is C16H23FN4O. The van der Waals surface area contributed by atoms with E-state index in [1.54, 1.807) is 6.07 Å². The Hall–Kier alpha value is -1.66. The highest BCUT2D eigenvalue weighted by Gasteiger charge is 2.37. The van der Waals surface area contributed by atoms with E-state index in [2.05, 4.69) is 15.6 Å². The summed E-state index contributed by atoms with van der Waals surface area (Å²) in [6.45, 7) is 4.64. The van der Waals surface area contributed by atoms with Crippen molar-refractivity contribution in [1.29, 1.82) is 0 Å². The maximum absolute atomic E-state index is 13.8. The van der Waals surface area contributed by atoms with Crippen LogP contribution in [0.5, 0.6) is 0 Å². The number of hydrazine groups is 1. The number of carbonyl (C=O) groups is 1. The van der Waals surface area contributed by atoms with Gasteiger partial charge in [0.15, 0.2) is 0 Å². The average Bonchev–Trinajstić information content (AvgIpc) is 3.32. The SMILES string of the molecule is Cc1ccc(CNC(=O)N(C2CC2)N2CCCNC2)c(F)c1. The van der Waals surface area contributed by atoms with E-state index in [9.17, 15) is 9.18 Å². The van der Waals surface area contributed by atoms with E-state index in [0.29, 0.717) is 18.3 Å². The molecule has 1 saturated carbocycles. The Morgan fingerprint density at radius 3 is 2.95 bits per heavy atom. The molecule has 1 aromatic rings. The minimum absolute atomic E-state index is 0.133. The van der Waals surface area contributed by atoms with Gasteiger partial charge in [0, 0.05) is 18.7 Å². The summed E-state index contributed by atoms with van der Waals surface area (Å²) in [5, 5.41) is 10.0. The van der Waals surface area contributed by atoms with Gasteiger partial charge in [-0.3, -0.25) is 5.01 Å². The lowest BCUT2D eigenvalue weighted by atomic mass is 10.1. The van der Waals surface area contributed by atoms with Gasteiger partial charge in [0.2, 0.25) is 0 Å². The molecule has 22 heavy (non-hydrogen) atoms. The maximum Gasteiger partial charge on any atom is 0.332 e. The number of urea groups is 1. The first-order chi connectivity index (χ1) is 10.6. The van der Waals surface area contributed by atoms with E-state index < -0.39 is 0 Å². The number of aryl methyl sites for hydroxylation is 1. The number of nitrogens with one attached hydrogen (secondary N) is 2. The number of halogens is 1. The lowest BCUT2D eigenvalue weighted by molar-refractivity contribution is -0.0138. The van der Waals surface area contributed by atoms with Crippen molar-refractivity contribution in [2.24, 2.45) is 0 Å². The molecule has 3 rings (SSSR count). The molecule has 0 unspecified atom stereocenters. The first-order valence-electron chi connectivity index (χ1n) is 7.93. The standard InChI is InChI=1S/C16H23FN4O/c1-12-3-4-13(15(17)9-12)10-19-16(22)21(14-5-6-14)20-8-2-7-18-11-20/h3-4,9,14,18H,2,5-8,10-11H2,1H3,(H,19,22). The Kier molecular flexibility index (Phi) is 4.59. The fourth-order valence-electron chi connectivity index (χ4n) is 2.75. The molecule has 0 aromatic heterocycles. The molecule has 2 amide bonds. The maximum atomic E-state index is 13.8. The van der Waals surface area contributed by atoms with E-state index >= 15 is 0 Å². The van der Waals surface area contributed by atoms with Gasteiger partial charge in [-0.15, -0.1) is 0 Å². The van der Waals surface area contributed by atoms with Gasteiger partial charge in [-0.1, -0.05) is 12.1 Å². The predicted molar refractivity (Wildman–Crippen MR) is 82.4 cm³/mol. The minimum atomic E-state index is -0.266. The Morgan fingerprint density at radius 1 is 1.50 bits per heavy atom. The van der Waals surface area contributed by atoms with Crippen LogP contribution >= 0.6 is 0 Å². The molecule has 1 saturated heterocycles. The third kappa shape index (κ3) is 3.56. The smallest absolute Gasteiger partial charge is 0.332 e. The summed E-state index contributed by atoms with van der Waals surface area (Å²) < 4.78 is 13.8. The summed E-state index contributed by atoms with van der Waals surface area (Å²) in [6, 6.07) is 5.25. The van der Waals surface area contributed by atoms with Crippen LogP contribution in [0.15, 0.2) is 18.2 Å². The minimum Gasteiger partial charge on any atom is -0.333 e. The molecule has 1 aromatic carbocycles. The molecule has 120 valence electrons. The van der Waals surface area contributed by atoms with Gasteiger partial charge in [0.1, 0.15) is 5.82 Å². The Bertz CT molecular complexity index is 541. The molecule has 0 atom stereocenters. The van der Waals surface area contributed by atoms with E-state index in [1.165, 1.54) is 6.07 Å². The number of benzene rings is 1. The fraction of sp³-hybridized carbons (Fsp3) is 0.562. The molecular weight excluding hydrogens is 283 g/mol. The molecule has 1 heterocycles. The molecule has 1 aliphatic heterocycles. The molecule has 1 aliphatic carbocycles. The van der Waals surface area contributed by atoms with Gasteiger partial charge in [0.25, 0.3) is 0 Å². The summed E-state index contributed by atoms with van der Waals surface area (Å²) in [7, 11) is 0. The first kappa shape index (κ1) is 15.2. The van der Waals surface area contributed by atoms with E-state index in [1.807, 2.05) is 18.0 Å². The summed E-state index contributed by atoms with van der Waals surface area (Å²) in [4.78, 5) is 12.5. The molecule has 2 N–H and O–H groups in total. The quantitative estimate of drug-likeness (QED) is 0.894. The second-order valence-electron chi connectivity index (χ2n) is 6.07. The normalized spacial score (nSPS) is 19.0. The van der Waals surface area contributed by atoms with Crippen LogP contribution in [0.25, 0.3) is 0 Å². The fourth-order valence-corrected chi connectivity index (χ4v) is 2.75. The first-order valence-corrected chi connectivity index (χ1v) is 7.93. The average molecular weight is 306 g/mol. The van der Waals surface area contributed by atoms with Crippen molar-refractivity contribution in [3.8, 4) is 0 Å². The van der Waals surface area contributed by atoms with Crippen LogP contribution in [0.2, 0.25) is 0 Å². The highest BCUT2D eigenvalue weighted by Crippen LogP contribution is 2.28. The summed E-state index contributed by atoms with van der Waals surface area (Å²) >= 11 is 0. The van der Waals surface area contributed by atoms with Crippen LogP contribution in [0.4, 0.5) is 9.18 Å². The van der Waals surface area contributed by atoms with Crippen molar-refractivity contribution in [1.82, 2.24) is 20.7 Å². The topological polar surface area (TPSA) is 47.6 Å². The Labute approximate surface area is 130 Å². The van der Waals surface area contributed by atoms with Crippen molar-refractivity contribution in [3.63, 3.8) is 0 Å². The van der Waals surface area contributed by atoms with E-state index in [4.69, 9.17) is 0 Å². The van der Waals surface area contributed by atoms with Gasteiger partial charge < -0.3 is 10.6 Å².